The number of hydrogen-bond acceptors (Lipinski definition) is 2. The van der Waals surface area contributed by atoms with Gasteiger partial charge in [-0.2, -0.15) is 0 Å². The van der Waals surface area contributed by atoms with Crippen LogP contribution in [-0.4, -0.2) is 13.7 Å². The lowest BCUT2D eigenvalue weighted by atomic mass is 9.93. The van der Waals surface area contributed by atoms with Gasteiger partial charge in [-0.3, -0.25) is 0 Å². The maximum absolute atomic E-state index is 6.17. The molecule has 0 aliphatic heterocycles. The molecule has 16 heavy (non-hydrogen) atoms. The van der Waals surface area contributed by atoms with E-state index in [1.807, 2.05) is 0 Å². The van der Waals surface area contributed by atoms with E-state index in [0.29, 0.717) is 5.92 Å². The Labute approximate surface area is 98.8 Å². The zero-order valence-corrected chi connectivity index (χ0v) is 10.6. The van der Waals surface area contributed by atoms with E-state index in [1.54, 1.807) is 7.11 Å². The lowest BCUT2D eigenvalue weighted by Crippen LogP contribution is -2.18. The molecule has 2 heteroatoms. The Morgan fingerprint density at radius 3 is 2.38 bits per heavy atom. The Balaban J connectivity index is 2.63. The number of rotatable bonds is 6. The van der Waals surface area contributed by atoms with Crippen LogP contribution in [0.1, 0.15) is 37.4 Å². The van der Waals surface area contributed by atoms with Crippen molar-refractivity contribution in [2.24, 2.45) is 11.7 Å². The van der Waals surface area contributed by atoms with Gasteiger partial charge in [-0.15, -0.1) is 0 Å². The molecule has 2 nitrogen and oxygen atoms in total. The topological polar surface area (TPSA) is 35.2 Å². The largest absolute Gasteiger partial charge is 0.384 e. The first kappa shape index (κ1) is 13.2. The van der Waals surface area contributed by atoms with Gasteiger partial charge in [0.2, 0.25) is 0 Å². The minimum Gasteiger partial charge on any atom is -0.384 e. The second-order valence-corrected chi connectivity index (χ2v) is 4.40. The van der Waals surface area contributed by atoms with Gasteiger partial charge in [0.15, 0.2) is 0 Å². The summed E-state index contributed by atoms with van der Waals surface area (Å²) in [6.45, 7) is 5.15. The average Bonchev–Trinajstić information content (AvgIpc) is 2.35. The highest BCUT2D eigenvalue weighted by atomic mass is 16.5. The molecule has 0 aliphatic carbocycles. The van der Waals surface area contributed by atoms with Crippen LogP contribution >= 0.6 is 0 Å². The smallest absolute Gasteiger partial charge is 0.0502 e. The van der Waals surface area contributed by atoms with Crippen LogP contribution in [0.15, 0.2) is 24.3 Å². The molecule has 0 radical (unpaired) electrons. The van der Waals surface area contributed by atoms with Gasteiger partial charge in [0.1, 0.15) is 0 Å². The van der Waals surface area contributed by atoms with Gasteiger partial charge in [0.05, 0.1) is 6.61 Å². The van der Waals surface area contributed by atoms with Crippen molar-refractivity contribution >= 4 is 0 Å². The summed E-state index contributed by atoms with van der Waals surface area (Å²) in [6.07, 6.45) is 2.09. The molecule has 90 valence electrons. The van der Waals surface area contributed by atoms with Crippen molar-refractivity contribution in [3.05, 3.63) is 35.4 Å². The summed E-state index contributed by atoms with van der Waals surface area (Å²) in [6, 6.07) is 8.73. The minimum atomic E-state index is 0.154. The highest BCUT2D eigenvalue weighted by Gasteiger charge is 2.12. The lowest BCUT2D eigenvalue weighted by Gasteiger charge is -2.18. The summed E-state index contributed by atoms with van der Waals surface area (Å²) in [5.74, 6) is 0.532. The van der Waals surface area contributed by atoms with Crippen LogP contribution in [0.2, 0.25) is 0 Å². The molecule has 1 rings (SSSR count). The molecule has 0 heterocycles. The fraction of sp³-hybridized carbons (Fsp3) is 0.571. The van der Waals surface area contributed by atoms with Gasteiger partial charge in [0, 0.05) is 13.2 Å². The Morgan fingerprint density at radius 2 is 1.88 bits per heavy atom. The Bertz CT molecular complexity index is 294. The third kappa shape index (κ3) is 3.62. The number of ether oxygens (including phenoxy) is 1. The molecule has 1 aromatic rings. The first-order valence-corrected chi connectivity index (χ1v) is 6.02. The molecule has 0 fully saturated rings. The van der Waals surface area contributed by atoms with Crippen LogP contribution in [0.3, 0.4) is 0 Å². The van der Waals surface area contributed by atoms with Gasteiger partial charge >= 0.3 is 0 Å². The molecule has 0 aliphatic rings. The normalized spacial score (nSPS) is 14.8. The van der Waals surface area contributed by atoms with Gasteiger partial charge in [-0.05, 0) is 23.5 Å². The second kappa shape index (κ2) is 6.66. The molecular formula is C14H23NO. The quantitative estimate of drug-likeness (QED) is 0.801. The highest BCUT2D eigenvalue weighted by Crippen LogP contribution is 2.21. The minimum absolute atomic E-state index is 0.154. The van der Waals surface area contributed by atoms with Crippen LogP contribution < -0.4 is 5.73 Å². The Kier molecular flexibility index (Phi) is 5.50. The highest BCUT2D eigenvalue weighted by molar-refractivity contribution is 5.25. The van der Waals surface area contributed by atoms with Crippen LogP contribution in [-0.2, 0) is 11.2 Å². The van der Waals surface area contributed by atoms with E-state index >= 15 is 0 Å². The van der Waals surface area contributed by atoms with Crippen molar-refractivity contribution in [1.29, 1.82) is 0 Å². The number of nitrogens with two attached hydrogens (primary N) is 1. The zero-order valence-electron chi connectivity index (χ0n) is 10.6. The molecule has 0 saturated heterocycles. The van der Waals surface area contributed by atoms with Crippen molar-refractivity contribution in [3.63, 3.8) is 0 Å². The monoisotopic (exact) mass is 221 g/mol. The fourth-order valence-corrected chi connectivity index (χ4v) is 1.71. The predicted molar refractivity (Wildman–Crippen MR) is 68.4 cm³/mol. The molecule has 0 amide bonds. The molecule has 0 aromatic heterocycles. The number of hydrogen-bond donors (Lipinski definition) is 1. The second-order valence-electron chi connectivity index (χ2n) is 4.40. The molecule has 0 bridgehead atoms. The predicted octanol–water partition coefficient (Wildman–Crippen LogP) is 2.92. The average molecular weight is 221 g/mol. The number of benzene rings is 1. The summed E-state index contributed by atoms with van der Waals surface area (Å²) in [7, 11) is 1.73. The SMILES string of the molecule is CCC(C)C(N)c1ccc(CCOC)cc1. The van der Waals surface area contributed by atoms with Crippen LogP contribution in [0.4, 0.5) is 0 Å². The zero-order chi connectivity index (χ0) is 12.0. The van der Waals surface area contributed by atoms with Gasteiger partial charge in [-0.1, -0.05) is 44.5 Å². The van der Waals surface area contributed by atoms with E-state index in [0.717, 1.165) is 19.4 Å². The van der Waals surface area contributed by atoms with E-state index in [2.05, 4.69) is 38.1 Å². The van der Waals surface area contributed by atoms with Crippen molar-refractivity contribution in [1.82, 2.24) is 0 Å². The van der Waals surface area contributed by atoms with Crippen molar-refractivity contribution in [3.8, 4) is 0 Å². The summed E-state index contributed by atoms with van der Waals surface area (Å²) in [5, 5.41) is 0. The third-order valence-electron chi connectivity index (χ3n) is 3.22. The van der Waals surface area contributed by atoms with E-state index in [1.165, 1.54) is 11.1 Å². The summed E-state index contributed by atoms with van der Waals surface area (Å²) >= 11 is 0. The van der Waals surface area contributed by atoms with Gasteiger partial charge in [-0.25, -0.2) is 0 Å². The molecule has 1 aromatic carbocycles. The standard InChI is InChI=1S/C14H23NO/c1-4-11(2)14(15)13-7-5-12(6-8-13)9-10-16-3/h5-8,11,14H,4,9-10,15H2,1-3H3. The van der Waals surface area contributed by atoms with Crippen molar-refractivity contribution in [2.75, 3.05) is 13.7 Å². The third-order valence-corrected chi connectivity index (χ3v) is 3.22. The van der Waals surface area contributed by atoms with Crippen molar-refractivity contribution < 1.29 is 4.74 Å². The van der Waals surface area contributed by atoms with E-state index < -0.39 is 0 Å². The molecule has 0 saturated carbocycles. The molecular weight excluding hydrogens is 198 g/mol. The number of methoxy groups -OCH3 is 1. The summed E-state index contributed by atoms with van der Waals surface area (Å²) in [5.41, 5.74) is 8.71. The lowest BCUT2D eigenvalue weighted by molar-refractivity contribution is 0.202. The van der Waals surface area contributed by atoms with E-state index in [4.69, 9.17) is 10.5 Å². The maximum atomic E-state index is 6.17. The Hall–Kier alpha value is -0.860. The fourth-order valence-electron chi connectivity index (χ4n) is 1.71. The molecule has 2 N–H and O–H groups in total. The van der Waals surface area contributed by atoms with Crippen LogP contribution in [0, 0.1) is 5.92 Å². The molecule has 2 unspecified atom stereocenters. The molecule has 0 spiro atoms. The van der Waals surface area contributed by atoms with E-state index in [9.17, 15) is 0 Å². The molecule has 2 atom stereocenters. The first-order valence-electron chi connectivity index (χ1n) is 6.02. The summed E-state index contributed by atoms with van der Waals surface area (Å²) < 4.78 is 5.05. The van der Waals surface area contributed by atoms with Crippen LogP contribution in [0.5, 0.6) is 0 Å². The van der Waals surface area contributed by atoms with Gasteiger partial charge < -0.3 is 10.5 Å². The summed E-state index contributed by atoms with van der Waals surface area (Å²) in [4.78, 5) is 0. The van der Waals surface area contributed by atoms with Crippen molar-refractivity contribution in [2.45, 2.75) is 32.7 Å². The van der Waals surface area contributed by atoms with Gasteiger partial charge in [0.25, 0.3) is 0 Å². The maximum Gasteiger partial charge on any atom is 0.0502 e. The first-order chi connectivity index (χ1) is 7.69. The van der Waals surface area contributed by atoms with Crippen LogP contribution in [0.25, 0.3) is 0 Å². The van der Waals surface area contributed by atoms with E-state index in [-0.39, 0.29) is 6.04 Å². The Morgan fingerprint density at radius 1 is 1.25 bits per heavy atom.